The lowest BCUT2D eigenvalue weighted by Crippen LogP contribution is -2.53. The summed E-state index contributed by atoms with van der Waals surface area (Å²) in [6, 6.07) is 2.26. The number of hydrogen-bond donors (Lipinski definition) is 1. The van der Waals surface area contributed by atoms with Crippen LogP contribution in [0.15, 0.2) is 6.07 Å². The van der Waals surface area contributed by atoms with Crippen LogP contribution in [0.5, 0.6) is 0 Å². The minimum atomic E-state index is -0.234. The Morgan fingerprint density at radius 3 is 2.86 bits per heavy atom. The standard InChI is InChI=1S/C14H16N4O2S2/c1-8-6-10-12(21-8)15-13(22-10)16-14(20)17-4-5-18(9-2-3-9)11(19)7-17/h6,9H,2-5,7H2,1H3,(H,15,16,20). The van der Waals surface area contributed by atoms with Gasteiger partial charge in [0, 0.05) is 24.0 Å². The topological polar surface area (TPSA) is 65.5 Å². The third-order valence-electron chi connectivity index (χ3n) is 3.96. The minimum absolute atomic E-state index is 0.0552. The fraction of sp³-hybridized carbons (Fsp3) is 0.500. The van der Waals surface area contributed by atoms with Crippen LogP contribution in [0.1, 0.15) is 17.7 Å². The number of piperazine rings is 1. The summed E-state index contributed by atoms with van der Waals surface area (Å²) in [4.78, 5) is 34.4. The molecule has 0 atom stereocenters. The number of aromatic nitrogens is 1. The monoisotopic (exact) mass is 336 g/mol. The highest BCUT2D eigenvalue weighted by atomic mass is 32.1. The van der Waals surface area contributed by atoms with E-state index < -0.39 is 0 Å². The Kier molecular flexibility index (Phi) is 3.30. The molecule has 2 aromatic rings. The number of aryl methyl sites for hydroxylation is 1. The fourth-order valence-electron chi connectivity index (χ4n) is 2.70. The average molecular weight is 336 g/mol. The molecule has 1 aliphatic carbocycles. The zero-order valence-electron chi connectivity index (χ0n) is 12.2. The van der Waals surface area contributed by atoms with Gasteiger partial charge in [-0.3, -0.25) is 10.1 Å². The van der Waals surface area contributed by atoms with Crippen LogP contribution in [0.3, 0.4) is 0 Å². The zero-order valence-corrected chi connectivity index (χ0v) is 13.8. The fourth-order valence-corrected chi connectivity index (χ4v) is 4.72. The Bertz CT molecular complexity index is 718. The normalized spacial score (nSPS) is 19.0. The van der Waals surface area contributed by atoms with Crippen LogP contribution >= 0.6 is 22.7 Å². The predicted octanol–water partition coefficient (Wildman–Crippen LogP) is 2.50. The number of carbonyl (C=O) groups is 2. The molecule has 1 aliphatic heterocycles. The van der Waals surface area contributed by atoms with Gasteiger partial charge >= 0.3 is 6.03 Å². The molecular weight excluding hydrogens is 320 g/mol. The first-order valence-corrected chi connectivity index (χ1v) is 8.96. The van der Waals surface area contributed by atoms with Crippen molar-refractivity contribution in [2.45, 2.75) is 25.8 Å². The van der Waals surface area contributed by atoms with Gasteiger partial charge in [0.1, 0.15) is 11.4 Å². The number of nitrogens with zero attached hydrogens (tertiary/aromatic N) is 3. The molecule has 0 spiro atoms. The molecule has 3 amide bonds. The Morgan fingerprint density at radius 2 is 2.18 bits per heavy atom. The van der Waals surface area contributed by atoms with E-state index in [2.05, 4.69) is 16.4 Å². The van der Waals surface area contributed by atoms with E-state index in [1.165, 1.54) is 16.2 Å². The molecule has 1 N–H and O–H groups in total. The van der Waals surface area contributed by atoms with Crippen LogP contribution in [-0.2, 0) is 4.79 Å². The van der Waals surface area contributed by atoms with E-state index in [1.54, 1.807) is 16.2 Å². The van der Waals surface area contributed by atoms with Crippen molar-refractivity contribution in [2.75, 3.05) is 25.0 Å². The van der Waals surface area contributed by atoms with Crippen LogP contribution < -0.4 is 5.32 Å². The molecule has 1 saturated carbocycles. The number of anilines is 1. The zero-order chi connectivity index (χ0) is 15.3. The maximum atomic E-state index is 12.3. The van der Waals surface area contributed by atoms with Gasteiger partial charge in [-0.05, 0) is 25.8 Å². The van der Waals surface area contributed by atoms with E-state index >= 15 is 0 Å². The molecule has 3 heterocycles. The first kappa shape index (κ1) is 14.0. The lowest BCUT2D eigenvalue weighted by molar-refractivity contribution is -0.135. The number of nitrogens with one attached hydrogen (secondary N) is 1. The van der Waals surface area contributed by atoms with Gasteiger partial charge in [0.15, 0.2) is 5.13 Å². The average Bonchev–Trinajstić information content (AvgIpc) is 3.15. The Hall–Kier alpha value is -1.67. The molecule has 8 heteroatoms. The summed E-state index contributed by atoms with van der Waals surface area (Å²) in [5, 5.41) is 3.42. The smallest absolute Gasteiger partial charge is 0.324 e. The highest BCUT2D eigenvalue weighted by molar-refractivity contribution is 7.29. The number of hydrogen-bond acceptors (Lipinski definition) is 5. The van der Waals surface area contributed by atoms with E-state index in [4.69, 9.17) is 0 Å². The SMILES string of the molecule is Cc1cc2sc(NC(=O)N3CCN(C4CC4)C(=O)C3)nc2s1. The molecule has 2 fully saturated rings. The second-order valence-corrected chi connectivity index (χ2v) is 7.98. The van der Waals surface area contributed by atoms with Gasteiger partial charge < -0.3 is 9.80 Å². The highest BCUT2D eigenvalue weighted by Gasteiger charge is 2.36. The minimum Gasteiger partial charge on any atom is -0.336 e. The summed E-state index contributed by atoms with van der Waals surface area (Å²) in [6.07, 6.45) is 2.21. The predicted molar refractivity (Wildman–Crippen MR) is 87.6 cm³/mol. The van der Waals surface area contributed by atoms with E-state index in [9.17, 15) is 9.59 Å². The lowest BCUT2D eigenvalue weighted by Gasteiger charge is -2.34. The van der Waals surface area contributed by atoms with Crippen LogP contribution in [0.25, 0.3) is 9.53 Å². The first-order valence-electron chi connectivity index (χ1n) is 7.32. The molecule has 0 unspecified atom stereocenters. The van der Waals surface area contributed by atoms with Crippen molar-refractivity contribution in [3.05, 3.63) is 10.9 Å². The van der Waals surface area contributed by atoms with Crippen molar-refractivity contribution in [1.82, 2.24) is 14.8 Å². The summed E-state index contributed by atoms with van der Waals surface area (Å²) in [5.41, 5.74) is 0. The van der Waals surface area contributed by atoms with Crippen molar-refractivity contribution in [3.8, 4) is 0 Å². The van der Waals surface area contributed by atoms with Crippen molar-refractivity contribution in [2.24, 2.45) is 0 Å². The van der Waals surface area contributed by atoms with Crippen LogP contribution in [0.4, 0.5) is 9.93 Å². The van der Waals surface area contributed by atoms with Gasteiger partial charge in [-0.2, -0.15) is 0 Å². The number of rotatable bonds is 2. The quantitative estimate of drug-likeness (QED) is 0.916. The maximum absolute atomic E-state index is 12.3. The summed E-state index contributed by atoms with van der Waals surface area (Å²) < 4.78 is 1.09. The second-order valence-electron chi connectivity index (χ2n) is 5.72. The van der Waals surface area contributed by atoms with Gasteiger partial charge in [-0.25, -0.2) is 9.78 Å². The number of urea groups is 1. The van der Waals surface area contributed by atoms with Crippen molar-refractivity contribution in [1.29, 1.82) is 0 Å². The van der Waals surface area contributed by atoms with E-state index in [-0.39, 0.29) is 18.5 Å². The summed E-state index contributed by atoms with van der Waals surface area (Å²) in [7, 11) is 0. The molecular formula is C14H16N4O2S2. The maximum Gasteiger partial charge on any atom is 0.324 e. The first-order chi connectivity index (χ1) is 10.6. The van der Waals surface area contributed by atoms with Gasteiger partial charge in [0.2, 0.25) is 5.91 Å². The molecule has 2 aromatic heterocycles. The summed E-state index contributed by atoms with van der Waals surface area (Å²) >= 11 is 3.09. The molecule has 6 nitrogen and oxygen atoms in total. The number of thiophene rings is 1. The Labute approximate surface area is 135 Å². The van der Waals surface area contributed by atoms with Crippen molar-refractivity contribution >= 4 is 49.3 Å². The van der Waals surface area contributed by atoms with E-state index in [0.717, 1.165) is 22.4 Å². The third-order valence-corrected chi connectivity index (χ3v) is 5.95. The summed E-state index contributed by atoms with van der Waals surface area (Å²) in [6.45, 7) is 3.44. The van der Waals surface area contributed by atoms with Gasteiger partial charge in [-0.1, -0.05) is 11.3 Å². The van der Waals surface area contributed by atoms with Crippen LogP contribution in [0, 0.1) is 6.92 Å². The largest absolute Gasteiger partial charge is 0.336 e. The van der Waals surface area contributed by atoms with E-state index in [0.29, 0.717) is 24.3 Å². The Balaban J connectivity index is 1.41. The van der Waals surface area contributed by atoms with Crippen LogP contribution in [-0.4, -0.2) is 52.4 Å². The number of thiazole rings is 1. The summed E-state index contributed by atoms with van der Waals surface area (Å²) in [5.74, 6) is 0.0552. The van der Waals surface area contributed by atoms with Crippen LogP contribution in [0.2, 0.25) is 0 Å². The van der Waals surface area contributed by atoms with Gasteiger partial charge in [-0.15, -0.1) is 11.3 Å². The number of fused-ring (bicyclic) bond motifs is 1. The molecule has 2 aliphatic rings. The molecule has 116 valence electrons. The Morgan fingerprint density at radius 1 is 1.36 bits per heavy atom. The molecule has 4 rings (SSSR count). The van der Waals surface area contributed by atoms with Crippen molar-refractivity contribution in [3.63, 3.8) is 0 Å². The van der Waals surface area contributed by atoms with Gasteiger partial charge in [0.25, 0.3) is 0 Å². The molecule has 1 saturated heterocycles. The third kappa shape index (κ3) is 2.56. The second kappa shape index (κ2) is 5.20. The lowest BCUT2D eigenvalue weighted by atomic mass is 10.3. The number of carbonyl (C=O) groups excluding carboxylic acids is 2. The highest BCUT2D eigenvalue weighted by Crippen LogP contribution is 2.32. The van der Waals surface area contributed by atoms with Crippen molar-refractivity contribution < 1.29 is 9.59 Å². The molecule has 0 bridgehead atoms. The molecule has 0 aromatic carbocycles. The molecule has 0 radical (unpaired) electrons. The number of amides is 3. The van der Waals surface area contributed by atoms with Gasteiger partial charge in [0.05, 0.1) is 4.70 Å². The van der Waals surface area contributed by atoms with E-state index in [1.807, 2.05) is 11.8 Å². The molecule has 22 heavy (non-hydrogen) atoms.